The molecule has 1 heterocycles. The number of carbonyl (C=O) groups is 2. The van der Waals surface area contributed by atoms with E-state index in [1.807, 2.05) is 40.7 Å². The molecule has 1 N–H and O–H groups in total. The first-order valence-electron chi connectivity index (χ1n) is 11.8. The van der Waals surface area contributed by atoms with E-state index in [-0.39, 0.29) is 11.9 Å². The molecule has 0 atom stereocenters. The Hall–Kier alpha value is -2.83. The lowest BCUT2D eigenvalue weighted by molar-refractivity contribution is -0.140. The lowest BCUT2D eigenvalue weighted by Gasteiger charge is -2.28. The fourth-order valence-corrected chi connectivity index (χ4v) is 4.35. The van der Waals surface area contributed by atoms with Crippen LogP contribution in [0.3, 0.4) is 0 Å². The number of amides is 1. The second-order valence-corrected chi connectivity index (χ2v) is 10.00. The first kappa shape index (κ1) is 24.8. The third-order valence-corrected chi connectivity index (χ3v) is 5.88. The predicted molar refractivity (Wildman–Crippen MR) is 127 cm³/mol. The minimum absolute atomic E-state index is 0.191. The van der Waals surface area contributed by atoms with Gasteiger partial charge in [-0.3, -0.25) is 4.79 Å². The van der Waals surface area contributed by atoms with Crippen molar-refractivity contribution in [2.45, 2.75) is 78.7 Å². The monoisotopic (exact) mass is 457 g/mol. The summed E-state index contributed by atoms with van der Waals surface area (Å²) in [6.45, 7) is 9.96. The molecule has 1 aliphatic rings. The molecule has 1 aromatic heterocycles. The van der Waals surface area contributed by atoms with Gasteiger partial charge in [0.05, 0.1) is 11.3 Å². The number of fused-ring (bicyclic) bond motifs is 1. The van der Waals surface area contributed by atoms with Crippen LogP contribution in [0.4, 0.5) is 4.79 Å². The Morgan fingerprint density at radius 3 is 2.45 bits per heavy atom. The topological polar surface area (TPSA) is 94.8 Å². The Kier molecular flexibility index (Phi) is 7.82. The number of nitrogens with one attached hydrogen (secondary N) is 1. The Bertz CT molecular complexity index is 1060. The summed E-state index contributed by atoms with van der Waals surface area (Å²) in [6, 6.07) is 5.12. The van der Waals surface area contributed by atoms with Crippen molar-refractivity contribution in [2.24, 2.45) is 11.8 Å². The van der Waals surface area contributed by atoms with Crippen LogP contribution in [-0.2, 0) is 16.0 Å². The zero-order valence-corrected chi connectivity index (χ0v) is 20.3. The van der Waals surface area contributed by atoms with Gasteiger partial charge in [0.25, 0.3) is 0 Å². The number of rotatable bonds is 6. The summed E-state index contributed by atoms with van der Waals surface area (Å²) >= 11 is 0. The van der Waals surface area contributed by atoms with Crippen molar-refractivity contribution in [1.29, 1.82) is 0 Å². The maximum absolute atomic E-state index is 13.0. The highest BCUT2D eigenvalue weighted by molar-refractivity contribution is 5.90. The molecule has 0 aliphatic heterocycles. The van der Waals surface area contributed by atoms with Crippen LogP contribution < -0.4 is 15.7 Å². The van der Waals surface area contributed by atoms with E-state index in [4.69, 9.17) is 13.9 Å². The van der Waals surface area contributed by atoms with Crippen LogP contribution in [-0.4, -0.2) is 24.2 Å². The van der Waals surface area contributed by atoms with E-state index in [0.717, 1.165) is 30.4 Å². The Balaban J connectivity index is 1.63. The van der Waals surface area contributed by atoms with Crippen LogP contribution in [0.2, 0.25) is 0 Å². The molecule has 0 unspecified atom stereocenters. The lowest BCUT2D eigenvalue weighted by Crippen LogP contribution is -2.36. The summed E-state index contributed by atoms with van der Waals surface area (Å²) < 4.78 is 16.6. The van der Waals surface area contributed by atoms with Crippen LogP contribution >= 0.6 is 0 Å². The van der Waals surface area contributed by atoms with Gasteiger partial charge in [-0.2, -0.15) is 0 Å². The predicted octanol–water partition coefficient (Wildman–Crippen LogP) is 5.29. The number of esters is 1. The van der Waals surface area contributed by atoms with E-state index in [2.05, 4.69) is 5.32 Å². The zero-order chi connectivity index (χ0) is 24.2. The van der Waals surface area contributed by atoms with E-state index < -0.39 is 17.3 Å². The van der Waals surface area contributed by atoms with Gasteiger partial charge >= 0.3 is 17.7 Å². The SMILES string of the molecule is CCCc1cc(=O)oc2cc(C)cc(OC(=O)C3CCC(CNC(=O)OC(C)(C)C)CC3)c12. The first-order valence-corrected chi connectivity index (χ1v) is 11.8. The average Bonchev–Trinajstić information content (AvgIpc) is 2.71. The summed E-state index contributed by atoms with van der Waals surface area (Å²) in [5, 5.41) is 3.53. The molecule has 7 nitrogen and oxygen atoms in total. The van der Waals surface area contributed by atoms with E-state index in [0.29, 0.717) is 48.4 Å². The van der Waals surface area contributed by atoms with Gasteiger partial charge in [0.2, 0.25) is 0 Å². The third-order valence-electron chi connectivity index (χ3n) is 5.88. The highest BCUT2D eigenvalue weighted by Crippen LogP contribution is 2.34. The van der Waals surface area contributed by atoms with Crippen molar-refractivity contribution in [1.82, 2.24) is 5.32 Å². The largest absolute Gasteiger partial charge is 0.444 e. The minimum Gasteiger partial charge on any atom is -0.444 e. The smallest absolute Gasteiger partial charge is 0.407 e. The van der Waals surface area contributed by atoms with Gasteiger partial charge in [-0.25, -0.2) is 9.59 Å². The number of hydrogen-bond acceptors (Lipinski definition) is 6. The van der Waals surface area contributed by atoms with Gasteiger partial charge in [0.15, 0.2) is 0 Å². The van der Waals surface area contributed by atoms with Crippen molar-refractivity contribution in [3.05, 3.63) is 39.7 Å². The minimum atomic E-state index is -0.523. The lowest BCUT2D eigenvalue weighted by atomic mass is 9.82. The number of benzene rings is 1. The van der Waals surface area contributed by atoms with Crippen molar-refractivity contribution >= 4 is 23.0 Å². The quantitative estimate of drug-likeness (QED) is 0.360. The molecule has 0 saturated heterocycles. The molecule has 2 aromatic rings. The summed E-state index contributed by atoms with van der Waals surface area (Å²) in [6.07, 6.45) is 4.23. The van der Waals surface area contributed by atoms with E-state index in [9.17, 15) is 14.4 Å². The van der Waals surface area contributed by atoms with Gasteiger partial charge in [0.1, 0.15) is 16.9 Å². The van der Waals surface area contributed by atoms with Crippen LogP contribution in [0.15, 0.2) is 27.4 Å². The normalized spacial score (nSPS) is 18.7. The maximum Gasteiger partial charge on any atom is 0.407 e. The molecule has 7 heteroatoms. The summed E-state index contributed by atoms with van der Waals surface area (Å²) in [7, 11) is 0. The first-order chi connectivity index (χ1) is 15.6. The molecule has 1 aliphatic carbocycles. The van der Waals surface area contributed by atoms with Crippen LogP contribution in [0, 0.1) is 18.8 Å². The van der Waals surface area contributed by atoms with Crippen molar-refractivity contribution < 1.29 is 23.5 Å². The van der Waals surface area contributed by atoms with Gasteiger partial charge < -0.3 is 19.2 Å². The molecule has 1 amide bonds. The number of aryl methyl sites for hydroxylation is 2. The molecule has 1 aromatic carbocycles. The van der Waals surface area contributed by atoms with Gasteiger partial charge in [0, 0.05) is 12.6 Å². The summed E-state index contributed by atoms with van der Waals surface area (Å²) in [5.41, 5.74) is 1.23. The average molecular weight is 458 g/mol. The number of alkyl carbamates (subject to hydrolysis) is 1. The highest BCUT2D eigenvalue weighted by atomic mass is 16.6. The van der Waals surface area contributed by atoms with E-state index >= 15 is 0 Å². The molecule has 1 saturated carbocycles. The van der Waals surface area contributed by atoms with Gasteiger partial charge in [-0.15, -0.1) is 0 Å². The standard InChI is InChI=1S/C26H35NO6/c1-6-7-19-14-22(28)31-20-12-16(2)13-21(23(19)20)32-24(29)18-10-8-17(9-11-18)15-27-25(30)33-26(3,4)5/h12-14,17-18H,6-11,15H2,1-5H3,(H,27,30). The summed E-state index contributed by atoms with van der Waals surface area (Å²) in [5.74, 6) is 0.320. The Morgan fingerprint density at radius 2 is 1.82 bits per heavy atom. The Labute approximate surface area is 194 Å². The fraction of sp³-hybridized carbons (Fsp3) is 0.577. The van der Waals surface area contributed by atoms with Crippen molar-refractivity contribution in [3.63, 3.8) is 0 Å². The van der Waals surface area contributed by atoms with Crippen LogP contribution in [0.5, 0.6) is 5.75 Å². The third kappa shape index (κ3) is 6.83. The molecule has 180 valence electrons. The van der Waals surface area contributed by atoms with Crippen LogP contribution in [0.1, 0.15) is 70.9 Å². The van der Waals surface area contributed by atoms with Gasteiger partial charge in [-0.1, -0.05) is 13.3 Å². The molecular weight excluding hydrogens is 422 g/mol. The van der Waals surface area contributed by atoms with E-state index in [1.165, 1.54) is 6.07 Å². The molecular formula is C26H35NO6. The van der Waals surface area contributed by atoms with Crippen molar-refractivity contribution in [3.8, 4) is 5.75 Å². The molecule has 0 radical (unpaired) electrons. The molecule has 3 rings (SSSR count). The Morgan fingerprint density at radius 1 is 1.12 bits per heavy atom. The molecule has 1 fully saturated rings. The van der Waals surface area contributed by atoms with Crippen molar-refractivity contribution in [2.75, 3.05) is 6.54 Å². The van der Waals surface area contributed by atoms with E-state index in [1.54, 1.807) is 6.07 Å². The highest BCUT2D eigenvalue weighted by Gasteiger charge is 2.29. The number of carbonyl (C=O) groups excluding carboxylic acids is 2. The molecule has 0 bridgehead atoms. The second kappa shape index (κ2) is 10.4. The fourth-order valence-electron chi connectivity index (χ4n) is 4.35. The van der Waals surface area contributed by atoms with Crippen LogP contribution in [0.25, 0.3) is 11.0 Å². The molecule has 33 heavy (non-hydrogen) atoms. The number of hydrogen-bond donors (Lipinski definition) is 1. The maximum atomic E-state index is 13.0. The van der Waals surface area contributed by atoms with Gasteiger partial charge in [-0.05, 0) is 89.0 Å². The second-order valence-electron chi connectivity index (χ2n) is 10.00. The summed E-state index contributed by atoms with van der Waals surface area (Å²) in [4.78, 5) is 36.8. The molecule has 0 spiro atoms. The number of ether oxygens (including phenoxy) is 2. The zero-order valence-electron chi connectivity index (χ0n) is 20.3.